The van der Waals surface area contributed by atoms with E-state index >= 15 is 0 Å². The molecule has 0 spiro atoms. The third-order valence-electron chi connectivity index (χ3n) is 4.42. The lowest BCUT2D eigenvalue weighted by atomic mass is 10.1. The number of nitrogens with one attached hydrogen (secondary N) is 2. The molecule has 3 rings (SSSR count). The van der Waals surface area contributed by atoms with Crippen LogP contribution in [0.1, 0.15) is 28.4 Å². The number of hydrogen-bond donors (Lipinski definition) is 2. The molecule has 7 nitrogen and oxygen atoms in total. The quantitative estimate of drug-likeness (QED) is 0.210. The zero-order valence-corrected chi connectivity index (χ0v) is 17.4. The predicted octanol–water partition coefficient (Wildman–Crippen LogP) is 3.83. The Bertz CT molecular complexity index is 1190. The molecule has 2 amide bonds. The van der Waals surface area contributed by atoms with E-state index in [1.165, 1.54) is 18.2 Å². The average Bonchev–Trinajstić information content (AvgIpc) is 2.79. The Hall–Kier alpha value is -4.33. The maximum absolute atomic E-state index is 13.6. The van der Waals surface area contributed by atoms with Gasteiger partial charge in [-0.05, 0) is 50.2 Å². The molecule has 3 aromatic carbocycles. The van der Waals surface area contributed by atoms with Crippen molar-refractivity contribution in [1.82, 2.24) is 5.43 Å². The van der Waals surface area contributed by atoms with Gasteiger partial charge in [0.25, 0.3) is 0 Å². The molecule has 32 heavy (non-hydrogen) atoms. The standard InChI is InChI=1S/C24H20FN3O4/c1-15-11-13-17(14-12-15)24(31)32-21-10-6-3-7-18(21)16(2)27-28-23(30)22(29)26-20-9-5-4-8-19(20)25/h3-14H,1-2H3,(H,26,29)(H,28,30)/b27-16+. The highest BCUT2D eigenvalue weighted by Gasteiger charge is 2.16. The van der Waals surface area contributed by atoms with Crippen molar-refractivity contribution in [3.63, 3.8) is 0 Å². The van der Waals surface area contributed by atoms with Crippen LogP contribution >= 0.6 is 0 Å². The Labute approximate surface area is 183 Å². The van der Waals surface area contributed by atoms with Gasteiger partial charge in [-0.25, -0.2) is 14.6 Å². The second-order valence-electron chi connectivity index (χ2n) is 6.82. The van der Waals surface area contributed by atoms with Gasteiger partial charge in [-0.15, -0.1) is 0 Å². The number of para-hydroxylation sites is 2. The highest BCUT2D eigenvalue weighted by atomic mass is 19.1. The van der Waals surface area contributed by atoms with E-state index in [0.29, 0.717) is 16.8 Å². The van der Waals surface area contributed by atoms with Crippen molar-refractivity contribution < 1.29 is 23.5 Å². The van der Waals surface area contributed by atoms with Crippen molar-refractivity contribution in [2.24, 2.45) is 5.10 Å². The number of carbonyl (C=O) groups is 3. The average molecular weight is 433 g/mol. The van der Waals surface area contributed by atoms with Gasteiger partial charge < -0.3 is 10.1 Å². The van der Waals surface area contributed by atoms with Gasteiger partial charge in [0.2, 0.25) is 0 Å². The maximum Gasteiger partial charge on any atom is 0.343 e. The first-order valence-corrected chi connectivity index (χ1v) is 9.63. The third-order valence-corrected chi connectivity index (χ3v) is 4.42. The number of hydrazone groups is 1. The molecule has 0 radical (unpaired) electrons. The fourth-order valence-electron chi connectivity index (χ4n) is 2.69. The van der Waals surface area contributed by atoms with Gasteiger partial charge in [-0.3, -0.25) is 9.59 Å². The van der Waals surface area contributed by atoms with Crippen LogP contribution < -0.4 is 15.5 Å². The van der Waals surface area contributed by atoms with Gasteiger partial charge in [0, 0.05) is 5.56 Å². The van der Waals surface area contributed by atoms with Gasteiger partial charge in [0.1, 0.15) is 11.6 Å². The van der Waals surface area contributed by atoms with Crippen LogP contribution in [-0.2, 0) is 9.59 Å². The van der Waals surface area contributed by atoms with Crippen LogP contribution in [0.4, 0.5) is 10.1 Å². The summed E-state index contributed by atoms with van der Waals surface area (Å²) in [6, 6.07) is 19.0. The minimum absolute atomic E-state index is 0.123. The van der Waals surface area contributed by atoms with Crippen molar-refractivity contribution in [3.8, 4) is 5.75 Å². The number of aryl methyl sites for hydroxylation is 1. The first kappa shape index (κ1) is 22.4. The normalized spacial score (nSPS) is 10.9. The number of benzene rings is 3. The molecule has 162 valence electrons. The number of hydrogen-bond acceptors (Lipinski definition) is 5. The highest BCUT2D eigenvalue weighted by molar-refractivity contribution is 6.39. The molecule has 0 fully saturated rings. The molecular formula is C24H20FN3O4. The first-order chi connectivity index (χ1) is 15.3. The number of nitrogens with zero attached hydrogens (tertiary/aromatic N) is 1. The minimum atomic E-state index is -1.08. The fraction of sp³-hybridized carbons (Fsp3) is 0.0833. The van der Waals surface area contributed by atoms with Crippen LogP contribution in [0.25, 0.3) is 0 Å². The summed E-state index contributed by atoms with van der Waals surface area (Å²) in [5.74, 6) is -3.13. The number of amides is 2. The van der Waals surface area contributed by atoms with Crippen molar-refractivity contribution >= 4 is 29.2 Å². The molecule has 0 saturated heterocycles. The summed E-state index contributed by atoms with van der Waals surface area (Å²) in [7, 11) is 0. The molecule has 0 saturated carbocycles. The lowest BCUT2D eigenvalue weighted by molar-refractivity contribution is -0.136. The van der Waals surface area contributed by atoms with Crippen LogP contribution in [-0.4, -0.2) is 23.5 Å². The monoisotopic (exact) mass is 433 g/mol. The summed E-state index contributed by atoms with van der Waals surface area (Å²) in [5, 5.41) is 6.07. The minimum Gasteiger partial charge on any atom is -0.422 e. The molecule has 0 aliphatic carbocycles. The van der Waals surface area contributed by atoms with E-state index in [1.807, 2.05) is 6.92 Å². The summed E-state index contributed by atoms with van der Waals surface area (Å²) in [4.78, 5) is 36.5. The van der Waals surface area contributed by atoms with Gasteiger partial charge in [-0.2, -0.15) is 5.10 Å². The van der Waals surface area contributed by atoms with Gasteiger partial charge in [0.05, 0.1) is 17.0 Å². The van der Waals surface area contributed by atoms with Crippen molar-refractivity contribution in [2.45, 2.75) is 13.8 Å². The maximum atomic E-state index is 13.6. The van der Waals surface area contributed by atoms with E-state index in [2.05, 4.69) is 15.8 Å². The number of rotatable bonds is 5. The topological polar surface area (TPSA) is 96.9 Å². The molecule has 0 bridgehead atoms. The number of ether oxygens (including phenoxy) is 1. The number of esters is 1. The van der Waals surface area contributed by atoms with E-state index in [-0.39, 0.29) is 11.4 Å². The molecule has 0 unspecified atom stereocenters. The van der Waals surface area contributed by atoms with Crippen molar-refractivity contribution in [2.75, 3.05) is 5.32 Å². The Morgan fingerprint density at radius 3 is 2.25 bits per heavy atom. The molecule has 0 aromatic heterocycles. The lowest BCUT2D eigenvalue weighted by Gasteiger charge is -2.10. The number of anilines is 1. The summed E-state index contributed by atoms with van der Waals surface area (Å²) < 4.78 is 19.1. The molecule has 0 atom stereocenters. The smallest absolute Gasteiger partial charge is 0.343 e. The number of halogens is 1. The largest absolute Gasteiger partial charge is 0.422 e. The van der Waals surface area contributed by atoms with E-state index < -0.39 is 23.6 Å². The molecule has 3 aromatic rings. The van der Waals surface area contributed by atoms with Crippen LogP contribution in [0.3, 0.4) is 0 Å². The Kier molecular flexibility index (Phi) is 7.07. The molecule has 0 aliphatic heterocycles. The first-order valence-electron chi connectivity index (χ1n) is 9.63. The second kappa shape index (κ2) is 10.1. The van der Waals surface area contributed by atoms with Crippen molar-refractivity contribution in [1.29, 1.82) is 0 Å². The van der Waals surface area contributed by atoms with Crippen LogP contribution in [0.5, 0.6) is 5.75 Å². The number of carbonyl (C=O) groups excluding carboxylic acids is 3. The third kappa shape index (κ3) is 5.63. The van der Waals surface area contributed by atoms with Gasteiger partial charge in [0.15, 0.2) is 0 Å². The molecular weight excluding hydrogens is 413 g/mol. The summed E-state index contributed by atoms with van der Waals surface area (Å²) in [6.07, 6.45) is 0. The van der Waals surface area contributed by atoms with Crippen LogP contribution in [0.15, 0.2) is 77.9 Å². The van der Waals surface area contributed by atoms with Crippen LogP contribution in [0.2, 0.25) is 0 Å². The summed E-state index contributed by atoms with van der Waals surface area (Å²) >= 11 is 0. The van der Waals surface area contributed by atoms with Crippen molar-refractivity contribution in [3.05, 3.63) is 95.3 Å². The molecule has 0 aliphatic rings. The van der Waals surface area contributed by atoms with E-state index in [1.54, 1.807) is 55.5 Å². The summed E-state index contributed by atoms with van der Waals surface area (Å²) in [5.41, 5.74) is 4.13. The zero-order chi connectivity index (χ0) is 23.1. The highest BCUT2D eigenvalue weighted by Crippen LogP contribution is 2.20. The zero-order valence-electron chi connectivity index (χ0n) is 17.4. The van der Waals surface area contributed by atoms with Gasteiger partial charge in [-0.1, -0.05) is 42.0 Å². The van der Waals surface area contributed by atoms with Gasteiger partial charge >= 0.3 is 17.8 Å². The second-order valence-corrected chi connectivity index (χ2v) is 6.82. The van der Waals surface area contributed by atoms with E-state index in [9.17, 15) is 18.8 Å². The van der Waals surface area contributed by atoms with E-state index in [0.717, 1.165) is 11.6 Å². The molecule has 0 heterocycles. The Morgan fingerprint density at radius 1 is 0.875 bits per heavy atom. The molecule has 8 heteroatoms. The predicted molar refractivity (Wildman–Crippen MR) is 118 cm³/mol. The Morgan fingerprint density at radius 2 is 1.53 bits per heavy atom. The lowest BCUT2D eigenvalue weighted by Crippen LogP contribution is -2.33. The molecule has 2 N–H and O–H groups in total. The van der Waals surface area contributed by atoms with Crippen LogP contribution in [0, 0.1) is 12.7 Å². The Balaban J connectivity index is 1.69. The SMILES string of the molecule is C/C(=N\NC(=O)C(=O)Nc1ccccc1F)c1ccccc1OC(=O)c1ccc(C)cc1. The fourth-order valence-corrected chi connectivity index (χ4v) is 2.69. The summed E-state index contributed by atoms with van der Waals surface area (Å²) in [6.45, 7) is 3.49. The van der Waals surface area contributed by atoms with E-state index in [4.69, 9.17) is 4.74 Å².